The van der Waals surface area contributed by atoms with Gasteiger partial charge < -0.3 is 15.0 Å². The number of rotatable bonds is 12. The van der Waals surface area contributed by atoms with Gasteiger partial charge in [0.1, 0.15) is 18.3 Å². The molecule has 2 amide bonds. The van der Waals surface area contributed by atoms with Crippen LogP contribution in [0.5, 0.6) is 5.75 Å². The summed E-state index contributed by atoms with van der Waals surface area (Å²) in [7, 11) is -3.77. The largest absolute Gasteiger partial charge is 0.494 e. The molecule has 2 aromatic carbocycles. The van der Waals surface area contributed by atoms with Crippen LogP contribution in [-0.4, -0.2) is 56.6 Å². The number of nitrogens with zero attached hydrogens (tertiary/aromatic N) is 2. The predicted molar refractivity (Wildman–Crippen MR) is 134 cm³/mol. The molecule has 0 bridgehead atoms. The molecular formula is C25H35N3O5S. The maximum atomic E-state index is 13.6. The van der Waals surface area contributed by atoms with Crippen molar-refractivity contribution in [2.75, 3.05) is 23.7 Å². The Morgan fingerprint density at radius 1 is 1.00 bits per heavy atom. The van der Waals surface area contributed by atoms with Gasteiger partial charge in [-0.05, 0) is 57.0 Å². The lowest BCUT2D eigenvalue weighted by atomic mass is 10.1. The topological polar surface area (TPSA) is 96.0 Å². The fourth-order valence-corrected chi connectivity index (χ4v) is 4.42. The van der Waals surface area contributed by atoms with Crippen molar-refractivity contribution in [3.8, 4) is 5.75 Å². The predicted octanol–water partition coefficient (Wildman–Crippen LogP) is 3.18. The van der Waals surface area contributed by atoms with Crippen molar-refractivity contribution in [1.29, 1.82) is 0 Å². The molecule has 0 unspecified atom stereocenters. The second-order valence-electron chi connectivity index (χ2n) is 8.29. The SMILES string of the molecule is CCOc1ccc(N(CC(=O)N(Cc2ccccc2)[C@@H](CC)C(=O)NC(C)C)S(C)(=O)=O)cc1. The van der Waals surface area contributed by atoms with Crippen molar-refractivity contribution in [1.82, 2.24) is 10.2 Å². The zero-order valence-electron chi connectivity index (χ0n) is 20.5. The minimum atomic E-state index is -3.77. The van der Waals surface area contributed by atoms with E-state index in [1.54, 1.807) is 24.3 Å². The summed E-state index contributed by atoms with van der Waals surface area (Å²) in [6, 6.07) is 15.0. The van der Waals surface area contributed by atoms with Gasteiger partial charge in [0.25, 0.3) is 0 Å². The number of sulfonamides is 1. The van der Waals surface area contributed by atoms with E-state index in [9.17, 15) is 18.0 Å². The lowest BCUT2D eigenvalue weighted by Crippen LogP contribution is -2.53. The number of benzene rings is 2. The lowest BCUT2D eigenvalue weighted by Gasteiger charge is -2.33. The van der Waals surface area contributed by atoms with Gasteiger partial charge >= 0.3 is 0 Å². The fourth-order valence-electron chi connectivity index (χ4n) is 3.57. The molecule has 186 valence electrons. The molecule has 0 spiro atoms. The highest BCUT2D eigenvalue weighted by atomic mass is 32.2. The molecular weight excluding hydrogens is 454 g/mol. The monoisotopic (exact) mass is 489 g/mol. The first-order valence-corrected chi connectivity index (χ1v) is 13.3. The Morgan fingerprint density at radius 3 is 2.12 bits per heavy atom. The van der Waals surface area contributed by atoms with E-state index in [4.69, 9.17) is 4.74 Å². The van der Waals surface area contributed by atoms with Crippen molar-refractivity contribution >= 4 is 27.5 Å². The number of carbonyl (C=O) groups is 2. The Balaban J connectivity index is 2.39. The average molecular weight is 490 g/mol. The number of hydrogen-bond acceptors (Lipinski definition) is 5. The molecule has 0 aliphatic carbocycles. The van der Waals surface area contributed by atoms with E-state index >= 15 is 0 Å². The zero-order valence-corrected chi connectivity index (χ0v) is 21.3. The highest BCUT2D eigenvalue weighted by Gasteiger charge is 2.31. The van der Waals surface area contributed by atoms with Gasteiger partial charge in [0, 0.05) is 12.6 Å². The summed E-state index contributed by atoms with van der Waals surface area (Å²) < 4.78 is 31.7. The van der Waals surface area contributed by atoms with Crippen LogP contribution in [-0.2, 0) is 26.2 Å². The van der Waals surface area contributed by atoms with E-state index in [0.717, 1.165) is 16.1 Å². The lowest BCUT2D eigenvalue weighted by molar-refractivity contribution is -0.140. The summed E-state index contributed by atoms with van der Waals surface area (Å²) in [5.74, 6) is -0.129. The third kappa shape index (κ3) is 7.76. The zero-order chi connectivity index (χ0) is 25.3. The first-order valence-electron chi connectivity index (χ1n) is 11.4. The highest BCUT2D eigenvalue weighted by molar-refractivity contribution is 7.92. The Labute approximate surface area is 202 Å². The highest BCUT2D eigenvalue weighted by Crippen LogP contribution is 2.23. The van der Waals surface area contributed by atoms with Crippen LogP contribution in [0.15, 0.2) is 54.6 Å². The molecule has 0 aliphatic heterocycles. The molecule has 0 saturated carbocycles. The van der Waals surface area contributed by atoms with E-state index in [2.05, 4.69) is 5.32 Å². The average Bonchev–Trinajstić information content (AvgIpc) is 2.77. The Kier molecular flexibility index (Phi) is 9.92. The van der Waals surface area contributed by atoms with Crippen LogP contribution < -0.4 is 14.4 Å². The molecule has 0 fully saturated rings. The molecule has 8 nitrogen and oxygen atoms in total. The molecule has 1 atom stereocenters. The standard InChI is InChI=1S/C25H35N3O5S/c1-6-23(25(30)26-19(3)4)27(17-20-11-9-8-10-12-20)24(29)18-28(34(5,31)32)21-13-15-22(16-14-21)33-7-2/h8-16,19,23H,6-7,17-18H2,1-5H3,(H,26,30)/t23-/m0/s1. The molecule has 2 rings (SSSR count). The number of hydrogen-bond donors (Lipinski definition) is 1. The van der Waals surface area contributed by atoms with Crippen molar-refractivity contribution in [2.45, 2.75) is 52.7 Å². The Bertz CT molecular complexity index is 1040. The number of ether oxygens (including phenoxy) is 1. The Hall–Kier alpha value is -3.07. The minimum Gasteiger partial charge on any atom is -0.494 e. The number of nitrogens with one attached hydrogen (secondary N) is 1. The maximum Gasteiger partial charge on any atom is 0.244 e. The quantitative estimate of drug-likeness (QED) is 0.494. The van der Waals surface area contributed by atoms with Crippen LogP contribution in [0.1, 0.15) is 39.7 Å². The third-order valence-electron chi connectivity index (χ3n) is 5.13. The molecule has 9 heteroatoms. The van der Waals surface area contributed by atoms with Gasteiger partial charge in [-0.3, -0.25) is 13.9 Å². The maximum absolute atomic E-state index is 13.6. The second kappa shape index (κ2) is 12.4. The van der Waals surface area contributed by atoms with Crippen LogP contribution in [0.4, 0.5) is 5.69 Å². The van der Waals surface area contributed by atoms with E-state index in [0.29, 0.717) is 24.5 Å². The van der Waals surface area contributed by atoms with Gasteiger partial charge in [0.15, 0.2) is 0 Å². The van der Waals surface area contributed by atoms with Gasteiger partial charge in [0.05, 0.1) is 18.6 Å². The van der Waals surface area contributed by atoms with Gasteiger partial charge in [-0.25, -0.2) is 8.42 Å². The summed E-state index contributed by atoms with van der Waals surface area (Å²) >= 11 is 0. The summed E-state index contributed by atoms with van der Waals surface area (Å²) in [6.07, 6.45) is 1.44. The van der Waals surface area contributed by atoms with E-state index in [1.165, 1.54) is 4.90 Å². The number of carbonyl (C=O) groups excluding carboxylic acids is 2. The van der Waals surface area contributed by atoms with Gasteiger partial charge in [0.2, 0.25) is 21.8 Å². The van der Waals surface area contributed by atoms with Crippen molar-refractivity contribution in [3.05, 3.63) is 60.2 Å². The van der Waals surface area contributed by atoms with Crippen molar-refractivity contribution in [3.63, 3.8) is 0 Å². The molecule has 0 radical (unpaired) electrons. The van der Waals surface area contributed by atoms with Gasteiger partial charge in [-0.1, -0.05) is 37.3 Å². The van der Waals surface area contributed by atoms with E-state index in [-0.39, 0.29) is 18.5 Å². The molecule has 0 aliphatic rings. The molecule has 1 N–H and O–H groups in total. The summed E-state index contributed by atoms with van der Waals surface area (Å²) in [4.78, 5) is 27.9. The fraction of sp³-hybridized carbons (Fsp3) is 0.440. The molecule has 0 saturated heterocycles. The normalized spacial score (nSPS) is 12.2. The molecule has 0 heterocycles. The van der Waals surface area contributed by atoms with Crippen molar-refractivity contribution in [2.24, 2.45) is 0 Å². The molecule has 0 aromatic heterocycles. The van der Waals surface area contributed by atoms with Gasteiger partial charge in [-0.2, -0.15) is 0 Å². The third-order valence-corrected chi connectivity index (χ3v) is 6.27. The second-order valence-corrected chi connectivity index (χ2v) is 10.2. The van der Waals surface area contributed by atoms with Crippen molar-refractivity contribution < 1.29 is 22.7 Å². The molecule has 2 aromatic rings. The van der Waals surface area contributed by atoms with Crippen LogP contribution in [0.25, 0.3) is 0 Å². The van der Waals surface area contributed by atoms with E-state index < -0.39 is 28.5 Å². The smallest absolute Gasteiger partial charge is 0.244 e. The van der Waals surface area contributed by atoms with Crippen LogP contribution in [0.3, 0.4) is 0 Å². The number of amides is 2. The first kappa shape index (κ1) is 27.2. The summed E-state index contributed by atoms with van der Waals surface area (Å²) in [5, 5.41) is 2.87. The summed E-state index contributed by atoms with van der Waals surface area (Å²) in [5.41, 5.74) is 1.19. The molecule has 34 heavy (non-hydrogen) atoms. The Morgan fingerprint density at radius 2 is 1.62 bits per heavy atom. The van der Waals surface area contributed by atoms with Crippen LogP contribution in [0.2, 0.25) is 0 Å². The van der Waals surface area contributed by atoms with Gasteiger partial charge in [-0.15, -0.1) is 0 Å². The van der Waals surface area contributed by atoms with Crippen LogP contribution in [0, 0.1) is 0 Å². The first-order chi connectivity index (χ1) is 16.1. The van der Waals surface area contributed by atoms with Crippen LogP contribution >= 0.6 is 0 Å². The minimum absolute atomic E-state index is 0.0911. The number of anilines is 1. The summed E-state index contributed by atoms with van der Waals surface area (Å²) in [6.45, 7) is 7.64. The van der Waals surface area contributed by atoms with E-state index in [1.807, 2.05) is 58.0 Å².